The van der Waals surface area contributed by atoms with Crippen molar-refractivity contribution in [1.29, 1.82) is 0 Å². The molecule has 1 N–H and O–H groups in total. The number of carbonyl (C=O) groups is 1. The first-order valence-electron chi connectivity index (χ1n) is 10.1. The average molecular weight is 462 g/mol. The molecule has 0 unspecified atom stereocenters. The van der Waals surface area contributed by atoms with Gasteiger partial charge in [-0.15, -0.1) is 23.5 Å². The van der Waals surface area contributed by atoms with Crippen LogP contribution in [0.4, 0.5) is 17.1 Å². The van der Waals surface area contributed by atoms with Gasteiger partial charge in [0.2, 0.25) is 5.91 Å². The Balaban J connectivity index is 1.51. The van der Waals surface area contributed by atoms with Crippen LogP contribution in [0, 0.1) is 0 Å². The first kappa shape index (κ1) is 22.2. The van der Waals surface area contributed by atoms with Gasteiger partial charge in [0.1, 0.15) is 5.75 Å². The summed E-state index contributed by atoms with van der Waals surface area (Å²) in [6.07, 6.45) is 2.57. The highest BCUT2D eigenvalue weighted by Crippen LogP contribution is 2.33. The number of anilines is 1. The molecular weight excluding hydrogens is 438 g/mol. The van der Waals surface area contributed by atoms with Crippen molar-refractivity contribution >= 4 is 57.2 Å². The predicted molar refractivity (Wildman–Crippen MR) is 137 cm³/mol. The molecule has 0 aliphatic carbocycles. The molecule has 0 atom stereocenters. The Morgan fingerprint density at radius 3 is 2.47 bits per heavy atom. The molecule has 0 bridgehead atoms. The molecule has 1 heterocycles. The smallest absolute Gasteiger partial charge is 0.234 e. The third-order valence-corrected chi connectivity index (χ3v) is 6.55. The second kappa shape index (κ2) is 10.5. The lowest BCUT2D eigenvalue weighted by Gasteiger charge is -2.09. The number of thioether (sulfide) groups is 2. The van der Waals surface area contributed by atoms with E-state index in [1.807, 2.05) is 79.1 Å². The van der Waals surface area contributed by atoms with Gasteiger partial charge in [0.25, 0.3) is 0 Å². The largest absolute Gasteiger partial charge is 0.497 e. The lowest BCUT2D eigenvalue weighted by Crippen LogP contribution is -2.16. The van der Waals surface area contributed by atoms with Gasteiger partial charge in [-0.05, 0) is 66.4 Å². The van der Waals surface area contributed by atoms with Gasteiger partial charge in [0, 0.05) is 17.0 Å². The summed E-state index contributed by atoms with van der Waals surface area (Å²) in [5, 5.41) is 3.83. The molecule has 1 aliphatic rings. The molecule has 0 fully saturated rings. The van der Waals surface area contributed by atoms with Crippen LogP contribution < -0.4 is 10.1 Å². The van der Waals surface area contributed by atoms with E-state index >= 15 is 0 Å². The number of fused-ring (bicyclic) bond motifs is 1. The summed E-state index contributed by atoms with van der Waals surface area (Å²) >= 11 is 3.09. The number of amides is 1. The highest BCUT2D eigenvalue weighted by atomic mass is 32.2. The van der Waals surface area contributed by atoms with Crippen molar-refractivity contribution < 1.29 is 9.53 Å². The van der Waals surface area contributed by atoms with Gasteiger partial charge in [-0.3, -0.25) is 9.79 Å². The van der Waals surface area contributed by atoms with Crippen LogP contribution in [0.1, 0.15) is 12.0 Å². The van der Waals surface area contributed by atoms with Crippen LogP contribution in [-0.4, -0.2) is 35.8 Å². The van der Waals surface area contributed by atoms with Crippen molar-refractivity contribution in [2.24, 2.45) is 9.98 Å². The van der Waals surface area contributed by atoms with Crippen LogP contribution in [0.2, 0.25) is 0 Å². The van der Waals surface area contributed by atoms with E-state index in [0.717, 1.165) is 44.0 Å². The molecule has 0 spiro atoms. The zero-order chi connectivity index (χ0) is 22.3. The Morgan fingerprint density at radius 2 is 1.75 bits per heavy atom. The summed E-state index contributed by atoms with van der Waals surface area (Å²) in [5.74, 6) is 1.02. The Kier molecular flexibility index (Phi) is 7.29. The SMILES string of the molecule is COc1ccc(C2=Nc3ccccc3N=C(SCC(=O)Nc3cccc(SC)c3)C2)cc1. The normalized spacial score (nSPS) is 12.8. The summed E-state index contributed by atoms with van der Waals surface area (Å²) in [6.45, 7) is 0. The molecule has 7 heteroatoms. The van der Waals surface area contributed by atoms with Crippen molar-refractivity contribution in [3.8, 4) is 5.75 Å². The summed E-state index contributed by atoms with van der Waals surface area (Å²) < 4.78 is 5.27. The van der Waals surface area contributed by atoms with Gasteiger partial charge >= 0.3 is 0 Å². The van der Waals surface area contributed by atoms with Crippen LogP contribution >= 0.6 is 23.5 Å². The Morgan fingerprint density at radius 1 is 1.00 bits per heavy atom. The van der Waals surface area contributed by atoms with E-state index in [1.54, 1.807) is 18.9 Å². The van der Waals surface area contributed by atoms with Crippen LogP contribution in [0.5, 0.6) is 5.75 Å². The fraction of sp³-hybridized carbons (Fsp3) is 0.160. The van der Waals surface area contributed by atoms with Crippen molar-refractivity contribution in [3.05, 3.63) is 78.4 Å². The number of hydrogen-bond acceptors (Lipinski definition) is 6. The number of benzene rings is 3. The second-order valence-electron chi connectivity index (χ2n) is 7.03. The van der Waals surface area contributed by atoms with E-state index < -0.39 is 0 Å². The second-order valence-corrected chi connectivity index (χ2v) is 8.96. The van der Waals surface area contributed by atoms with Crippen molar-refractivity contribution in [3.63, 3.8) is 0 Å². The fourth-order valence-electron chi connectivity index (χ4n) is 3.24. The van der Waals surface area contributed by atoms with Crippen LogP contribution in [-0.2, 0) is 4.79 Å². The third-order valence-electron chi connectivity index (χ3n) is 4.85. The quantitative estimate of drug-likeness (QED) is 0.435. The third kappa shape index (κ3) is 5.60. The zero-order valence-corrected chi connectivity index (χ0v) is 19.5. The highest BCUT2D eigenvalue weighted by molar-refractivity contribution is 8.14. The van der Waals surface area contributed by atoms with Crippen LogP contribution in [0.3, 0.4) is 0 Å². The Labute approximate surface area is 196 Å². The van der Waals surface area contributed by atoms with Crippen molar-refractivity contribution in [2.45, 2.75) is 11.3 Å². The van der Waals surface area contributed by atoms with E-state index in [0.29, 0.717) is 6.42 Å². The van der Waals surface area contributed by atoms with Gasteiger partial charge in [0.05, 0.1) is 35.0 Å². The van der Waals surface area contributed by atoms with Gasteiger partial charge in [-0.2, -0.15) is 0 Å². The van der Waals surface area contributed by atoms with Crippen LogP contribution in [0.25, 0.3) is 0 Å². The lowest BCUT2D eigenvalue weighted by atomic mass is 10.1. The average Bonchev–Trinajstić information content (AvgIpc) is 3.02. The van der Waals surface area contributed by atoms with Gasteiger partial charge in [-0.25, -0.2) is 4.99 Å². The van der Waals surface area contributed by atoms with E-state index in [-0.39, 0.29) is 11.7 Å². The molecule has 4 rings (SSSR count). The first-order chi connectivity index (χ1) is 15.6. The van der Waals surface area contributed by atoms with Gasteiger partial charge in [-0.1, -0.05) is 18.2 Å². The fourth-order valence-corrected chi connectivity index (χ4v) is 4.47. The number of methoxy groups -OCH3 is 1. The zero-order valence-electron chi connectivity index (χ0n) is 17.9. The van der Waals surface area contributed by atoms with Gasteiger partial charge in [0.15, 0.2) is 0 Å². The molecule has 0 aromatic heterocycles. The van der Waals surface area contributed by atoms with E-state index in [9.17, 15) is 4.79 Å². The van der Waals surface area contributed by atoms with Crippen molar-refractivity contribution in [2.75, 3.05) is 24.4 Å². The number of ether oxygens (including phenoxy) is 1. The van der Waals surface area contributed by atoms with Crippen molar-refractivity contribution in [1.82, 2.24) is 0 Å². The standard InChI is InChI=1S/C25H23N3O2S2/c1-30-19-12-10-17(11-13-19)23-15-25(28-22-9-4-3-8-21(22)27-23)32-16-24(29)26-18-6-5-7-20(14-18)31-2/h3-14H,15-16H2,1-2H3,(H,26,29). The molecule has 5 nitrogen and oxygen atoms in total. The molecule has 3 aromatic carbocycles. The monoisotopic (exact) mass is 461 g/mol. The van der Waals surface area contributed by atoms with Gasteiger partial charge < -0.3 is 10.1 Å². The minimum absolute atomic E-state index is 0.0589. The molecule has 1 aliphatic heterocycles. The summed E-state index contributed by atoms with van der Waals surface area (Å²) in [7, 11) is 1.65. The van der Waals surface area contributed by atoms with Crippen LogP contribution in [0.15, 0.2) is 87.7 Å². The maximum absolute atomic E-state index is 12.6. The molecule has 0 saturated carbocycles. The summed E-state index contributed by atoms with van der Waals surface area (Å²) in [4.78, 5) is 23.4. The molecule has 0 radical (unpaired) electrons. The number of carbonyl (C=O) groups excluding carboxylic acids is 1. The lowest BCUT2D eigenvalue weighted by molar-refractivity contribution is -0.113. The maximum Gasteiger partial charge on any atom is 0.234 e. The van der Waals surface area contributed by atoms with E-state index in [1.165, 1.54) is 11.8 Å². The molecule has 32 heavy (non-hydrogen) atoms. The highest BCUT2D eigenvalue weighted by Gasteiger charge is 2.17. The number of hydrogen-bond donors (Lipinski definition) is 1. The minimum Gasteiger partial charge on any atom is -0.497 e. The Hall–Kier alpha value is -3.03. The molecule has 162 valence electrons. The summed E-state index contributed by atoms with van der Waals surface area (Å²) in [6, 6.07) is 23.5. The van der Waals surface area contributed by atoms with E-state index in [4.69, 9.17) is 14.7 Å². The molecule has 0 saturated heterocycles. The number of nitrogens with one attached hydrogen (secondary N) is 1. The minimum atomic E-state index is -0.0589. The Bertz CT molecular complexity index is 1170. The number of aliphatic imine (C=N–C) groups is 2. The topological polar surface area (TPSA) is 63.1 Å². The number of rotatable bonds is 6. The predicted octanol–water partition coefficient (Wildman–Crippen LogP) is 6.34. The maximum atomic E-state index is 12.6. The first-order valence-corrected chi connectivity index (χ1v) is 12.3. The summed E-state index contributed by atoms with van der Waals surface area (Å²) in [5.41, 5.74) is 4.36. The molecular formula is C25H23N3O2S2. The molecule has 3 aromatic rings. The number of nitrogens with zero attached hydrogens (tertiary/aromatic N) is 2. The van der Waals surface area contributed by atoms with E-state index in [2.05, 4.69) is 5.32 Å². The molecule has 1 amide bonds. The number of para-hydroxylation sites is 2.